The molecule has 0 fully saturated rings. The second-order valence-electron chi connectivity index (χ2n) is 4.25. The third-order valence-electron chi connectivity index (χ3n) is 3.05. The Labute approximate surface area is 133 Å². The largest absolute Gasteiger partial charge is 0.495 e. The molecule has 1 aromatic heterocycles. The first kappa shape index (κ1) is 16.2. The maximum atomic E-state index is 6.18. The molecule has 1 unspecified atom stereocenters. The number of para-hydroxylation sites is 1. The molecule has 0 saturated heterocycles. The van der Waals surface area contributed by atoms with Crippen LogP contribution in [-0.4, -0.2) is 42.5 Å². The van der Waals surface area contributed by atoms with Crippen molar-refractivity contribution in [3.63, 3.8) is 0 Å². The summed E-state index contributed by atoms with van der Waals surface area (Å²) < 4.78 is 15.5. The smallest absolute Gasteiger partial charge is 0.322 e. The van der Waals surface area contributed by atoms with Crippen LogP contribution in [0.3, 0.4) is 0 Å². The highest BCUT2D eigenvalue weighted by Gasteiger charge is 2.22. The summed E-state index contributed by atoms with van der Waals surface area (Å²) in [5.41, 5.74) is 7.60. The van der Waals surface area contributed by atoms with Gasteiger partial charge < -0.3 is 19.9 Å². The Morgan fingerprint density at radius 1 is 1.00 bits per heavy atom. The molecule has 2 rings (SSSR count). The van der Waals surface area contributed by atoms with Crippen molar-refractivity contribution in [2.45, 2.75) is 5.25 Å². The highest BCUT2D eigenvalue weighted by molar-refractivity contribution is 7.99. The number of benzene rings is 1. The van der Waals surface area contributed by atoms with E-state index in [1.165, 1.54) is 14.2 Å². The fourth-order valence-corrected chi connectivity index (χ4v) is 2.77. The van der Waals surface area contributed by atoms with E-state index >= 15 is 0 Å². The molecule has 2 N–H and O–H groups in total. The number of hydrogen-bond acceptors (Lipinski definition) is 8. The van der Waals surface area contributed by atoms with Crippen LogP contribution in [0.4, 0.5) is 5.69 Å². The van der Waals surface area contributed by atoms with E-state index in [1.54, 1.807) is 18.9 Å². The van der Waals surface area contributed by atoms with E-state index in [1.807, 2.05) is 24.5 Å². The Morgan fingerprint density at radius 3 is 2.14 bits per heavy atom. The minimum atomic E-state index is -0.194. The van der Waals surface area contributed by atoms with Crippen molar-refractivity contribution in [1.82, 2.24) is 15.0 Å². The van der Waals surface area contributed by atoms with Gasteiger partial charge in [0.2, 0.25) is 0 Å². The van der Waals surface area contributed by atoms with E-state index in [0.29, 0.717) is 17.3 Å². The molecular weight excluding hydrogens is 304 g/mol. The van der Waals surface area contributed by atoms with Crippen molar-refractivity contribution >= 4 is 17.4 Å². The number of aromatic nitrogens is 3. The van der Waals surface area contributed by atoms with Crippen molar-refractivity contribution in [2.24, 2.45) is 0 Å². The summed E-state index contributed by atoms with van der Waals surface area (Å²) >= 11 is 1.55. The van der Waals surface area contributed by atoms with Crippen LogP contribution in [0.25, 0.3) is 0 Å². The van der Waals surface area contributed by atoms with Crippen molar-refractivity contribution in [3.05, 3.63) is 29.6 Å². The fourth-order valence-electron chi connectivity index (χ4n) is 1.99. The number of nitrogens with zero attached hydrogens (tertiary/aromatic N) is 3. The second kappa shape index (κ2) is 7.17. The average molecular weight is 322 g/mol. The molecule has 0 saturated carbocycles. The summed E-state index contributed by atoms with van der Waals surface area (Å²) in [5.74, 6) is 1.13. The standard InChI is InChI=1S/C14H18N4O3S/c1-19-9-7-5-6-8(10(9)15)11(22-4)12-16-13(20-2)18-14(17-12)21-3/h5-7,11H,15H2,1-4H3. The summed E-state index contributed by atoms with van der Waals surface area (Å²) in [4.78, 5) is 12.6. The van der Waals surface area contributed by atoms with Crippen molar-refractivity contribution in [3.8, 4) is 17.8 Å². The van der Waals surface area contributed by atoms with Crippen molar-refractivity contribution in [2.75, 3.05) is 33.3 Å². The average Bonchev–Trinajstić information content (AvgIpc) is 2.56. The van der Waals surface area contributed by atoms with Gasteiger partial charge in [0.15, 0.2) is 5.82 Å². The third kappa shape index (κ3) is 3.16. The van der Waals surface area contributed by atoms with E-state index in [9.17, 15) is 0 Å². The number of ether oxygens (including phenoxy) is 3. The van der Waals surface area contributed by atoms with Crippen molar-refractivity contribution < 1.29 is 14.2 Å². The predicted molar refractivity (Wildman–Crippen MR) is 85.7 cm³/mol. The number of hydrogen-bond donors (Lipinski definition) is 1. The minimum Gasteiger partial charge on any atom is -0.495 e. The highest BCUT2D eigenvalue weighted by Crippen LogP contribution is 2.39. The number of thioether (sulfide) groups is 1. The van der Waals surface area contributed by atoms with Gasteiger partial charge in [0.1, 0.15) is 5.75 Å². The monoisotopic (exact) mass is 322 g/mol. The minimum absolute atomic E-state index is 0.194. The van der Waals surface area contributed by atoms with Gasteiger partial charge in [-0.2, -0.15) is 9.97 Å². The molecule has 0 bridgehead atoms. The molecule has 1 heterocycles. The van der Waals surface area contributed by atoms with Crippen molar-refractivity contribution in [1.29, 1.82) is 0 Å². The summed E-state index contributed by atoms with van der Waals surface area (Å²) in [7, 11) is 4.57. The lowest BCUT2D eigenvalue weighted by molar-refractivity contribution is 0.336. The molecule has 1 atom stereocenters. The number of rotatable bonds is 6. The molecule has 22 heavy (non-hydrogen) atoms. The van der Waals surface area contributed by atoms with E-state index < -0.39 is 0 Å². The Hall–Kier alpha value is -2.22. The van der Waals surface area contributed by atoms with Crippen LogP contribution >= 0.6 is 11.8 Å². The van der Waals surface area contributed by atoms with Crippen LogP contribution in [0.15, 0.2) is 18.2 Å². The van der Waals surface area contributed by atoms with Gasteiger partial charge in [0, 0.05) is 0 Å². The fraction of sp³-hybridized carbons (Fsp3) is 0.357. The van der Waals surface area contributed by atoms with Gasteiger partial charge in [0.05, 0.1) is 32.3 Å². The summed E-state index contributed by atoms with van der Waals surface area (Å²) in [6.07, 6.45) is 1.95. The number of anilines is 1. The maximum absolute atomic E-state index is 6.18. The molecule has 0 aliphatic rings. The lowest BCUT2D eigenvalue weighted by Gasteiger charge is -2.18. The van der Waals surface area contributed by atoms with Crippen LogP contribution in [0.1, 0.15) is 16.6 Å². The van der Waals surface area contributed by atoms with Crippen LogP contribution in [0.5, 0.6) is 17.8 Å². The number of methoxy groups -OCH3 is 3. The van der Waals surface area contributed by atoms with Crippen LogP contribution < -0.4 is 19.9 Å². The Balaban J connectivity index is 2.53. The molecule has 1 aromatic carbocycles. The highest BCUT2D eigenvalue weighted by atomic mass is 32.2. The topological polar surface area (TPSA) is 92.4 Å². The normalized spacial score (nSPS) is 11.8. The maximum Gasteiger partial charge on any atom is 0.322 e. The Bertz CT molecular complexity index is 632. The van der Waals surface area contributed by atoms with Gasteiger partial charge in [-0.05, 0) is 17.9 Å². The molecule has 0 amide bonds. The van der Waals surface area contributed by atoms with E-state index in [2.05, 4.69) is 15.0 Å². The quantitative estimate of drug-likeness (QED) is 0.807. The van der Waals surface area contributed by atoms with E-state index in [0.717, 1.165) is 5.56 Å². The Morgan fingerprint density at radius 2 is 1.64 bits per heavy atom. The first-order valence-electron chi connectivity index (χ1n) is 6.43. The molecule has 0 spiro atoms. The molecule has 0 aliphatic carbocycles. The van der Waals surface area contributed by atoms with Crippen LogP contribution in [0.2, 0.25) is 0 Å². The third-order valence-corrected chi connectivity index (χ3v) is 3.99. The molecule has 7 nitrogen and oxygen atoms in total. The zero-order chi connectivity index (χ0) is 16.1. The zero-order valence-electron chi connectivity index (χ0n) is 12.9. The lowest BCUT2D eigenvalue weighted by atomic mass is 10.1. The summed E-state index contributed by atoms with van der Waals surface area (Å²) in [6, 6.07) is 6.00. The molecule has 0 aliphatic heterocycles. The SMILES string of the molecule is COc1nc(OC)nc(C(SC)c2cccc(OC)c2N)n1. The second-order valence-corrected chi connectivity index (χ2v) is 5.19. The zero-order valence-corrected chi connectivity index (χ0v) is 13.7. The lowest BCUT2D eigenvalue weighted by Crippen LogP contribution is -2.09. The molecule has 0 radical (unpaired) electrons. The van der Waals surface area contributed by atoms with Gasteiger partial charge >= 0.3 is 12.0 Å². The molecule has 118 valence electrons. The van der Waals surface area contributed by atoms with E-state index in [-0.39, 0.29) is 17.3 Å². The summed E-state index contributed by atoms with van der Waals surface area (Å²) in [5, 5.41) is -0.194. The molecular formula is C14H18N4O3S. The van der Waals surface area contributed by atoms with E-state index in [4.69, 9.17) is 19.9 Å². The Kier molecular flexibility index (Phi) is 5.26. The van der Waals surface area contributed by atoms with Crippen LogP contribution in [0, 0.1) is 0 Å². The number of nitrogens with two attached hydrogens (primary N) is 1. The number of nitrogen functional groups attached to an aromatic ring is 1. The molecule has 2 aromatic rings. The van der Waals surface area contributed by atoms with Gasteiger partial charge in [-0.25, -0.2) is 0 Å². The van der Waals surface area contributed by atoms with Gasteiger partial charge in [-0.1, -0.05) is 12.1 Å². The predicted octanol–water partition coefficient (Wildman–Crippen LogP) is 1.93. The van der Waals surface area contributed by atoms with Crippen LogP contribution in [-0.2, 0) is 0 Å². The van der Waals surface area contributed by atoms with Gasteiger partial charge in [-0.15, -0.1) is 16.7 Å². The first-order chi connectivity index (χ1) is 10.6. The van der Waals surface area contributed by atoms with Gasteiger partial charge in [0.25, 0.3) is 0 Å². The molecule has 8 heteroatoms. The van der Waals surface area contributed by atoms with Gasteiger partial charge in [-0.3, -0.25) is 0 Å². The summed E-state index contributed by atoms with van der Waals surface area (Å²) in [6.45, 7) is 0. The first-order valence-corrected chi connectivity index (χ1v) is 7.72.